The number of carbonyl (C=O) groups is 2. The third-order valence-electron chi connectivity index (χ3n) is 3.08. The fourth-order valence-corrected chi connectivity index (χ4v) is 1.90. The summed E-state index contributed by atoms with van der Waals surface area (Å²) in [6, 6.07) is 0.364. The molecule has 3 N–H and O–H groups in total. The van der Waals surface area contributed by atoms with E-state index in [1.807, 2.05) is 0 Å². The molecule has 5 heteroatoms. The molecule has 5 nitrogen and oxygen atoms in total. The molecule has 90 valence electrons. The van der Waals surface area contributed by atoms with Crippen LogP contribution in [0.15, 0.2) is 0 Å². The second-order valence-electron chi connectivity index (χ2n) is 4.58. The van der Waals surface area contributed by atoms with E-state index >= 15 is 0 Å². The molecule has 1 saturated heterocycles. The first-order valence-electron chi connectivity index (χ1n) is 6.03. The zero-order valence-corrected chi connectivity index (χ0v) is 9.42. The predicted molar refractivity (Wildman–Crippen MR) is 59.8 cm³/mol. The van der Waals surface area contributed by atoms with Crippen molar-refractivity contribution in [2.45, 2.75) is 31.7 Å². The summed E-state index contributed by atoms with van der Waals surface area (Å²) in [5, 5.41) is 8.76. The number of piperidine rings is 1. The lowest BCUT2D eigenvalue weighted by molar-refractivity contribution is -0.129. The van der Waals surface area contributed by atoms with Gasteiger partial charge in [0.25, 0.3) is 0 Å². The van der Waals surface area contributed by atoms with Gasteiger partial charge in [0.1, 0.15) is 0 Å². The van der Waals surface area contributed by atoms with Crippen LogP contribution in [-0.2, 0) is 9.59 Å². The van der Waals surface area contributed by atoms with E-state index in [0.29, 0.717) is 6.04 Å². The van der Waals surface area contributed by atoms with E-state index in [1.165, 1.54) is 0 Å². The van der Waals surface area contributed by atoms with Gasteiger partial charge in [-0.25, -0.2) is 0 Å². The van der Waals surface area contributed by atoms with Crippen LogP contribution in [0, 0.1) is 5.92 Å². The van der Waals surface area contributed by atoms with Crippen LogP contribution in [0.25, 0.3) is 0 Å². The molecule has 1 saturated carbocycles. The van der Waals surface area contributed by atoms with Gasteiger partial charge in [-0.1, -0.05) is 0 Å². The Bertz CT molecular complexity index is 270. The van der Waals surface area contributed by atoms with E-state index < -0.39 is 0 Å². The first-order chi connectivity index (χ1) is 7.75. The van der Waals surface area contributed by atoms with Crippen molar-refractivity contribution in [3.63, 3.8) is 0 Å². The van der Waals surface area contributed by atoms with Crippen molar-refractivity contribution in [3.8, 4) is 0 Å². The van der Waals surface area contributed by atoms with Crippen LogP contribution < -0.4 is 16.0 Å². The molecule has 2 rings (SSSR count). The lowest BCUT2D eigenvalue weighted by atomic mass is 9.97. The SMILES string of the molecule is O=C(CNC(=O)C1CCNCC1)NC1CC1. The van der Waals surface area contributed by atoms with E-state index in [2.05, 4.69) is 16.0 Å². The molecule has 0 unspecified atom stereocenters. The molecule has 1 aliphatic carbocycles. The topological polar surface area (TPSA) is 70.2 Å². The minimum Gasteiger partial charge on any atom is -0.352 e. The molecular weight excluding hydrogens is 206 g/mol. The minimum absolute atomic E-state index is 0.0208. The molecule has 0 aromatic rings. The molecule has 0 radical (unpaired) electrons. The Labute approximate surface area is 95.3 Å². The largest absolute Gasteiger partial charge is 0.352 e. The average Bonchev–Trinajstić information content (AvgIpc) is 3.11. The van der Waals surface area contributed by atoms with Crippen molar-refractivity contribution in [2.75, 3.05) is 19.6 Å². The van der Waals surface area contributed by atoms with E-state index in [9.17, 15) is 9.59 Å². The summed E-state index contributed by atoms with van der Waals surface area (Å²) in [6.07, 6.45) is 3.90. The third kappa shape index (κ3) is 3.48. The molecule has 0 aromatic carbocycles. The van der Waals surface area contributed by atoms with Gasteiger partial charge in [0.2, 0.25) is 11.8 Å². The number of hydrogen-bond acceptors (Lipinski definition) is 3. The molecular formula is C11H19N3O2. The highest BCUT2D eigenvalue weighted by Gasteiger charge is 2.24. The summed E-state index contributed by atoms with van der Waals surface area (Å²) >= 11 is 0. The standard InChI is InChI=1S/C11H19N3O2/c15-10(14-9-1-2-9)7-13-11(16)8-3-5-12-6-4-8/h8-9,12H,1-7H2,(H,13,16)(H,14,15). The maximum absolute atomic E-state index is 11.7. The van der Waals surface area contributed by atoms with Crippen molar-refractivity contribution in [3.05, 3.63) is 0 Å². The van der Waals surface area contributed by atoms with Crippen molar-refractivity contribution < 1.29 is 9.59 Å². The van der Waals surface area contributed by atoms with Gasteiger partial charge in [0.05, 0.1) is 6.54 Å². The Morgan fingerprint density at radius 2 is 1.81 bits per heavy atom. The lowest BCUT2D eigenvalue weighted by Gasteiger charge is -2.21. The molecule has 0 atom stereocenters. The van der Waals surface area contributed by atoms with Crippen molar-refractivity contribution in [1.29, 1.82) is 0 Å². The van der Waals surface area contributed by atoms with E-state index in [4.69, 9.17) is 0 Å². The van der Waals surface area contributed by atoms with Gasteiger partial charge >= 0.3 is 0 Å². The van der Waals surface area contributed by atoms with Crippen molar-refractivity contribution in [1.82, 2.24) is 16.0 Å². The Kier molecular flexibility index (Phi) is 3.77. The zero-order valence-electron chi connectivity index (χ0n) is 9.42. The molecule has 2 fully saturated rings. The first kappa shape index (κ1) is 11.4. The summed E-state index contributed by atoms with van der Waals surface area (Å²) in [5.74, 6) is 0.0345. The van der Waals surface area contributed by atoms with Gasteiger partial charge in [0.15, 0.2) is 0 Å². The number of carbonyl (C=O) groups excluding carboxylic acids is 2. The molecule has 16 heavy (non-hydrogen) atoms. The lowest BCUT2D eigenvalue weighted by Crippen LogP contribution is -2.42. The fraction of sp³-hybridized carbons (Fsp3) is 0.818. The molecule has 2 amide bonds. The van der Waals surface area contributed by atoms with Crippen molar-refractivity contribution in [2.24, 2.45) is 5.92 Å². The summed E-state index contributed by atoms with van der Waals surface area (Å²) in [7, 11) is 0. The normalized spacial score (nSPS) is 21.5. The van der Waals surface area contributed by atoms with Crippen molar-refractivity contribution >= 4 is 11.8 Å². The second kappa shape index (κ2) is 5.30. The van der Waals surface area contributed by atoms with Gasteiger partial charge in [-0.3, -0.25) is 9.59 Å². The summed E-state index contributed by atoms with van der Waals surface area (Å²) in [4.78, 5) is 23.0. The molecule has 0 spiro atoms. The Morgan fingerprint density at radius 1 is 1.12 bits per heavy atom. The Morgan fingerprint density at radius 3 is 2.44 bits per heavy atom. The fourth-order valence-electron chi connectivity index (χ4n) is 1.90. The third-order valence-corrected chi connectivity index (χ3v) is 3.08. The smallest absolute Gasteiger partial charge is 0.239 e. The minimum atomic E-state index is -0.0650. The van der Waals surface area contributed by atoms with Crippen LogP contribution in [0.4, 0.5) is 0 Å². The molecule has 2 aliphatic rings. The van der Waals surface area contributed by atoms with Gasteiger partial charge in [-0.2, -0.15) is 0 Å². The monoisotopic (exact) mass is 225 g/mol. The molecule has 0 aromatic heterocycles. The number of amides is 2. The number of nitrogens with one attached hydrogen (secondary N) is 3. The maximum atomic E-state index is 11.7. The van der Waals surface area contributed by atoms with E-state index in [-0.39, 0.29) is 24.3 Å². The second-order valence-corrected chi connectivity index (χ2v) is 4.58. The summed E-state index contributed by atoms with van der Waals surface area (Å²) in [6.45, 7) is 1.91. The van der Waals surface area contributed by atoms with Gasteiger partial charge in [-0.15, -0.1) is 0 Å². The van der Waals surface area contributed by atoms with Gasteiger partial charge in [-0.05, 0) is 38.8 Å². The molecule has 1 heterocycles. The number of rotatable bonds is 4. The summed E-state index contributed by atoms with van der Waals surface area (Å²) in [5.41, 5.74) is 0. The van der Waals surface area contributed by atoms with Crippen LogP contribution in [-0.4, -0.2) is 37.5 Å². The summed E-state index contributed by atoms with van der Waals surface area (Å²) < 4.78 is 0. The Balaban J connectivity index is 1.63. The maximum Gasteiger partial charge on any atom is 0.239 e. The first-order valence-corrected chi connectivity index (χ1v) is 6.03. The zero-order chi connectivity index (χ0) is 11.4. The Hall–Kier alpha value is -1.10. The van der Waals surface area contributed by atoms with Gasteiger partial charge in [0, 0.05) is 12.0 Å². The van der Waals surface area contributed by atoms with Gasteiger partial charge < -0.3 is 16.0 Å². The van der Waals surface area contributed by atoms with Crippen LogP contribution >= 0.6 is 0 Å². The van der Waals surface area contributed by atoms with Crippen LogP contribution in [0.1, 0.15) is 25.7 Å². The number of hydrogen-bond donors (Lipinski definition) is 3. The van der Waals surface area contributed by atoms with Crippen LogP contribution in [0.2, 0.25) is 0 Å². The quantitative estimate of drug-likeness (QED) is 0.597. The molecule has 1 aliphatic heterocycles. The van der Waals surface area contributed by atoms with E-state index in [1.54, 1.807) is 0 Å². The highest BCUT2D eigenvalue weighted by molar-refractivity contribution is 5.86. The highest BCUT2D eigenvalue weighted by atomic mass is 16.2. The highest BCUT2D eigenvalue weighted by Crippen LogP contribution is 2.18. The van der Waals surface area contributed by atoms with Crippen LogP contribution in [0.5, 0.6) is 0 Å². The van der Waals surface area contributed by atoms with Crippen LogP contribution in [0.3, 0.4) is 0 Å². The predicted octanol–water partition coefficient (Wildman–Crippen LogP) is -0.619. The average molecular weight is 225 g/mol. The molecule has 0 bridgehead atoms. The van der Waals surface area contributed by atoms with E-state index in [0.717, 1.165) is 38.8 Å².